The number of aldehydes is 1. The Morgan fingerprint density at radius 3 is 2.34 bits per heavy atom. The molecule has 38 heavy (non-hydrogen) atoms. The summed E-state index contributed by atoms with van der Waals surface area (Å²) in [5.41, 5.74) is 1.97. The van der Waals surface area contributed by atoms with Crippen LogP contribution in [0.25, 0.3) is 0 Å². The molecule has 208 valence electrons. The molecule has 2 aliphatic heterocycles. The SMILES string of the molecule is COc1ccc(C2OC[C@H]3O[C@H](CCC=O)[C@@H](O[Si](C)(C)C(C)(C)C)[C@H](OCc4ccccc4)[C@@H]3O2)cc1. The monoisotopic (exact) mass is 542 g/mol. The van der Waals surface area contributed by atoms with Gasteiger partial charge in [0.2, 0.25) is 0 Å². The molecule has 2 aromatic carbocycles. The zero-order valence-corrected chi connectivity index (χ0v) is 24.4. The Hall–Kier alpha value is -2.07. The third-order valence-electron chi connectivity index (χ3n) is 7.90. The molecule has 2 saturated heterocycles. The number of hydrogen-bond donors (Lipinski definition) is 0. The highest BCUT2D eigenvalue weighted by molar-refractivity contribution is 6.74. The molecule has 8 heteroatoms. The van der Waals surface area contributed by atoms with Crippen molar-refractivity contribution in [3.8, 4) is 5.75 Å². The molecule has 0 aromatic heterocycles. The van der Waals surface area contributed by atoms with Crippen LogP contribution in [-0.2, 0) is 34.8 Å². The largest absolute Gasteiger partial charge is 0.497 e. The van der Waals surface area contributed by atoms with Crippen LogP contribution in [0.3, 0.4) is 0 Å². The van der Waals surface area contributed by atoms with Crippen LogP contribution in [0.2, 0.25) is 18.1 Å². The fourth-order valence-electron chi connectivity index (χ4n) is 4.67. The van der Waals surface area contributed by atoms with Gasteiger partial charge >= 0.3 is 0 Å². The second-order valence-electron chi connectivity index (χ2n) is 11.6. The molecule has 0 radical (unpaired) electrons. The van der Waals surface area contributed by atoms with Crippen molar-refractivity contribution in [1.82, 2.24) is 0 Å². The summed E-state index contributed by atoms with van der Waals surface area (Å²) in [7, 11) is -0.577. The van der Waals surface area contributed by atoms with Gasteiger partial charge in [-0.25, -0.2) is 0 Å². The number of hydrogen-bond acceptors (Lipinski definition) is 7. The summed E-state index contributed by atoms with van der Waals surface area (Å²) in [4.78, 5) is 11.3. The van der Waals surface area contributed by atoms with E-state index in [1.54, 1.807) is 7.11 Å². The van der Waals surface area contributed by atoms with Gasteiger partial charge < -0.3 is 32.9 Å². The van der Waals surface area contributed by atoms with Crippen LogP contribution in [0.4, 0.5) is 0 Å². The molecule has 2 heterocycles. The number of benzene rings is 2. The molecule has 1 unspecified atom stereocenters. The Bertz CT molecular complexity index is 1020. The fraction of sp³-hybridized carbons (Fsp3) is 0.567. The molecule has 0 aliphatic carbocycles. The predicted molar refractivity (Wildman–Crippen MR) is 148 cm³/mol. The van der Waals surface area contributed by atoms with Crippen molar-refractivity contribution in [2.45, 2.75) is 95.2 Å². The molecule has 0 amide bonds. The maximum Gasteiger partial charge on any atom is 0.192 e. The van der Waals surface area contributed by atoms with Gasteiger partial charge in [-0.3, -0.25) is 0 Å². The number of carbonyl (C=O) groups excluding carboxylic acids is 1. The minimum atomic E-state index is -2.22. The maximum atomic E-state index is 11.3. The highest BCUT2D eigenvalue weighted by atomic mass is 28.4. The number of methoxy groups -OCH3 is 1. The fourth-order valence-corrected chi connectivity index (χ4v) is 5.99. The zero-order chi connectivity index (χ0) is 27.3. The summed E-state index contributed by atoms with van der Waals surface area (Å²) in [5.74, 6) is 0.772. The predicted octanol–water partition coefficient (Wildman–Crippen LogP) is 5.83. The van der Waals surface area contributed by atoms with E-state index in [2.05, 4.69) is 46.0 Å². The summed E-state index contributed by atoms with van der Waals surface area (Å²) in [5, 5.41) is -0.00873. The normalized spacial score (nSPS) is 27.9. The Balaban J connectivity index is 1.65. The van der Waals surface area contributed by atoms with Crippen molar-refractivity contribution in [2.24, 2.45) is 0 Å². The van der Waals surface area contributed by atoms with Gasteiger partial charge in [0.25, 0.3) is 0 Å². The van der Waals surface area contributed by atoms with E-state index < -0.39 is 26.8 Å². The van der Waals surface area contributed by atoms with Crippen LogP contribution in [0.1, 0.15) is 51.0 Å². The molecular weight excluding hydrogens is 500 g/mol. The molecule has 0 saturated carbocycles. The molecule has 0 N–H and O–H groups in total. The van der Waals surface area contributed by atoms with E-state index >= 15 is 0 Å². The summed E-state index contributed by atoms with van der Waals surface area (Å²) in [6, 6.07) is 17.8. The second-order valence-corrected chi connectivity index (χ2v) is 16.4. The van der Waals surface area contributed by atoms with Crippen molar-refractivity contribution < 1.29 is 32.9 Å². The standard InChI is InChI=1S/C30H42O7Si/c1-30(2,3)38(5,6)37-27-24(13-10-18-31)35-25-20-34-29(22-14-16-23(32-4)17-15-22)36-26(25)28(27)33-19-21-11-8-7-9-12-21/h7-9,11-12,14-18,24-29H,10,13,19-20H2,1-6H3/t24-,25-,26-,27-,28-,29?/m1/s1. The highest BCUT2D eigenvalue weighted by Gasteiger charge is 2.53. The van der Waals surface area contributed by atoms with Gasteiger partial charge in [0, 0.05) is 12.0 Å². The first kappa shape index (κ1) is 28.9. The van der Waals surface area contributed by atoms with Crippen molar-refractivity contribution in [1.29, 1.82) is 0 Å². The van der Waals surface area contributed by atoms with Gasteiger partial charge in [0.05, 0.1) is 26.4 Å². The van der Waals surface area contributed by atoms with Crippen LogP contribution in [0, 0.1) is 0 Å². The number of carbonyl (C=O) groups is 1. The second kappa shape index (κ2) is 12.4. The number of fused-ring (bicyclic) bond motifs is 1. The third kappa shape index (κ3) is 6.73. The van der Waals surface area contributed by atoms with E-state index in [4.69, 9.17) is 28.1 Å². The van der Waals surface area contributed by atoms with Crippen molar-refractivity contribution in [3.63, 3.8) is 0 Å². The summed E-state index contributed by atoms with van der Waals surface area (Å²) >= 11 is 0. The van der Waals surface area contributed by atoms with Crippen LogP contribution in [0.5, 0.6) is 5.75 Å². The number of rotatable bonds is 10. The molecule has 2 aromatic rings. The summed E-state index contributed by atoms with van der Waals surface area (Å²) < 4.78 is 38.2. The Labute approximate surface area is 227 Å². The van der Waals surface area contributed by atoms with Gasteiger partial charge in [0.1, 0.15) is 36.5 Å². The van der Waals surface area contributed by atoms with Crippen LogP contribution < -0.4 is 4.74 Å². The first-order chi connectivity index (χ1) is 18.1. The lowest BCUT2D eigenvalue weighted by Gasteiger charge is -2.52. The van der Waals surface area contributed by atoms with Gasteiger partial charge in [-0.15, -0.1) is 0 Å². The van der Waals surface area contributed by atoms with E-state index in [1.165, 1.54) is 0 Å². The van der Waals surface area contributed by atoms with Gasteiger partial charge in [-0.2, -0.15) is 0 Å². The Morgan fingerprint density at radius 1 is 1.00 bits per heavy atom. The first-order valence-electron chi connectivity index (χ1n) is 13.5. The van der Waals surface area contributed by atoms with Gasteiger partial charge in [0.15, 0.2) is 14.6 Å². The first-order valence-corrected chi connectivity index (χ1v) is 16.4. The minimum absolute atomic E-state index is 0.00873. The molecule has 7 nitrogen and oxygen atoms in total. The molecule has 0 bridgehead atoms. The molecule has 0 spiro atoms. The van der Waals surface area contributed by atoms with Crippen molar-refractivity contribution in [2.75, 3.05) is 13.7 Å². The smallest absolute Gasteiger partial charge is 0.192 e. The summed E-state index contributed by atoms with van der Waals surface area (Å²) in [6.45, 7) is 11.9. The highest BCUT2D eigenvalue weighted by Crippen LogP contribution is 2.43. The zero-order valence-electron chi connectivity index (χ0n) is 23.4. The van der Waals surface area contributed by atoms with Crippen molar-refractivity contribution in [3.05, 3.63) is 65.7 Å². The molecule has 2 fully saturated rings. The Morgan fingerprint density at radius 2 is 1.71 bits per heavy atom. The molecule has 2 aliphatic rings. The lowest BCUT2D eigenvalue weighted by atomic mass is 9.91. The third-order valence-corrected chi connectivity index (χ3v) is 12.4. The lowest BCUT2D eigenvalue weighted by molar-refractivity contribution is -0.333. The topological polar surface area (TPSA) is 72.5 Å². The average molecular weight is 543 g/mol. The van der Waals surface area contributed by atoms with E-state index in [0.717, 1.165) is 23.2 Å². The lowest BCUT2D eigenvalue weighted by Crippen LogP contribution is -2.65. The minimum Gasteiger partial charge on any atom is -0.497 e. The molecular formula is C30H42O7Si. The van der Waals surface area contributed by atoms with E-state index in [-0.39, 0.29) is 23.4 Å². The van der Waals surface area contributed by atoms with E-state index in [0.29, 0.717) is 26.1 Å². The van der Waals surface area contributed by atoms with E-state index in [9.17, 15) is 4.79 Å². The van der Waals surface area contributed by atoms with E-state index in [1.807, 2.05) is 42.5 Å². The average Bonchev–Trinajstić information content (AvgIpc) is 2.91. The van der Waals surface area contributed by atoms with Crippen LogP contribution in [-0.4, -0.2) is 58.8 Å². The summed E-state index contributed by atoms with van der Waals surface area (Å²) in [6.07, 6.45) is -0.496. The van der Waals surface area contributed by atoms with Crippen molar-refractivity contribution >= 4 is 14.6 Å². The van der Waals surface area contributed by atoms with Crippen LogP contribution in [0.15, 0.2) is 54.6 Å². The van der Waals surface area contributed by atoms with Gasteiger partial charge in [-0.05, 0) is 42.2 Å². The Kier molecular flexibility index (Phi) is 9.44. The molecule has 4 rings (SSSR count). The van der Waals surface area contributed by atoms with Crippen LogP contribution >= 0.6 is 0 Å². The molecule has 6 atom stereocenters. The maximum absolute atomic E-state index is 11.3. The number of ether oxygens (including phenoxy) is 5. The quantitative estimate of drug-likeness (QED) is 0.276. The van der Waals surface area contributed by atoms with Gasteiger partial charge in [-0.1, -0.05) is 63.2 Å².